The van der Waals surface area contributed by atoms with Gasteiger partial charge in [-0.2, -0.15) is 0 Å². The van der Waals surface area contributed by atoms with Gasteiger partial charge >= 0.3 is 0 Å². The lowest BCUT2D eigenvalue weighted by Gasteiger charge is -1.31. The van der Waals surface area contributed by atoms with Gasteiger partial charge in [-0.3, -0.25) is 0 Å². The Balaban J connectivity index is -0.0000000356. The van der Waals surface area contributed by atoms with Crippen LogP contribution in [0.5, 0.6) is 0 Å². The van der Waals surface area contributed by atoms with E-state index < -0.39 is 0 Å². The van der Waals surface area contributed by atoms with Gasteiger partial charge in [0.05, 0.1) is 0 Å². The van der Waals surface area contributed by atoms with Gasteiger partial charge in [-0.25, -0.2) is 30.6 Å². The lowest BCUT2D eigenvalue weighted by atomic mass is 10.8. The summed E-state index contributed by atoms with van der Waals surface area (Å²) in [6, 6.07) is 0. The third kappa shape index (κ3) is 83.0. The Kier molecular flexibility index (Phi) is 293. The second-order valence-electron chi connectivity index (χ2n) is 0.714. The Morgan fingerprint density at radius 1 is 1.00 bits per heavy atom. The monoisotopic (exact) mass is 171 g/mol. The molecule has 6 heteroatoms. The Hall–Kier alpha value is -2.12. The summed E-state index contributed by atoms with van der Waals surface area (Å²) in [5.74, 6) is 0. The predicted molar refractivity (Wildman–Crippen MR) is 41.1 cm³/mol. The van der Waals surface area contributed by atoms with Gasteiger partial charge in [-0.05, 0) is 6.92 Å². The number of nitrogens with one attached hydrogen (secondary N) is 3. The minimum absolute atomic E-state index is 0.750. The van der Waals surface area contributed by atoms with Crippen LogP contribution in [0.2, 0.25) is 0 Å². The van der Waals surface area contributed by atoms with Crippen LogP contribution < -0.4 is 0 Å². The van der Waals surface area contributed by atoms with Crippen molar-refractivity contribution in [3.8, 4) is 0 Å². The molecule has 0 unspecified atom stereocenters. The minimum Gasteiger partial charge on any atom is -0.222 e. The van der Waals surface area contributed by atoms with Crippen molar-refractivity contribution in [2.75, 3.05) is 0 Å². The highest BCUT2D eigenvalue weighted by atomic mass is 16.1. The van der Waals surface area contributed by atoms with Gasteiger partial charge in [-0.15, -0.1) is 6.58 Å². The van der Waals surface area contributed by atoms with Crippen LogP contribution in [-0.2, 0) is 14.4 Å². The molecular formula is C6H9N3O3. The lowest BCUT2D eigenvalue weighted by Crippen LogP contribution is -1.16. The first-order valence-corrected chi connectivity index (χ1v) is 2.35. The standard InChI is InChI=1S/C3H6.3CHNO/c1-3-2;3*2-1-3/h3H,1H2,2H3;3*2H. The van der Waals surface area contributed by atoms with E-state index in [4.69, 9.17) is 30.6 Å². The fourth-order valence-corrected chi connectivity index (χ4v) is 0. The summed E-state index contributed by atoms with van der Waals surface area (Å²) in [4.78, 5) is 25.0. The number of rotatable bonds is 0. The molecule has 6 nitrogen and oxygen atoms in total. The van der Waals surface area contributed by atoms with E-state index in [9.17, 15) is 0 Å². The van der Waals surface area contributed by atoms with Crippen LogP contribution in [0.15, 0.2) is 12.7 Å². The average Bonchev–Trinajstić information content (AvgIpc) is 1.92. The molecule has 0 spiro atoms. The number of carbonyl (C=O) groups excluding carboxylic acids is 3. The predicted octanol–water partition coefficient (Wildman–Crippen LogP) is 0.895. The molecule has 0 aliphatic rings. The van der Waals surface area contributed by atoms with Gasteiger partial charge in [0, 0.05) is 0 Å². The number of allylic oxidation sites excluding steroid dienone is 1. The summed E-state index contributed by atoms with van der Waals surface area (Å²) in [6.45, 7) is 5.25. The summed E-state index contributed by atoms with van der Waals surface area (Å²) in [5.41, 5.74) is 0. The number of isocyanates is 3. The highest BCUT2D eigenvalue weighted by Crippen LogP contribution is 1.38. The molecule has 0 radical (unpaired) electrons. The summed E-state index contributed by atoms with van der Waals surface area (Å²) >= 11 is 0. The number of hydrogen-bond acceptors (Lipinski definition) is 6. The van der Waals surface area contributed by atoms with Gasteiger partial charge < -0.3 is 0 Å². The van der Waals surface area contributed by atoms with Crippen molar-refractivity contribution in [3.05, 3.63) is 12.7 Å². The summed E-state index contributed by atoms with van der Waals surface area (Å²) in [5, 5.41) is 16.2. The molecule has 0 aliphatic carbocycles. The van der Waals surface area contributed by atoms with Crippen molar-refractivity contribution in [1.82, 2.24) is 0 Å². The molecule has 0 atom stereocenters. The van der Waals surface area contributed by atoms with Crippen LogP contribution in [-0.4, -0.2) is 18.2 Å². The van der Waals surface area contributed by atoms with E-state index in [1.54, 1.807) is 6.08 Å². The molecular weight excluding hydrogens is 162 g/mol. The quantitative estimate of drug-likeness (QED) is 0.285. The highest BCUT2D eigenvalue weighted by molar-refractivity contribution is 5.26. The molecule has 0 aromatic heterocycles. The molecule has 0 aromatic rings. The van der Waals surface area contributed by atoms with Crippen LogP contribution in [0.1, 0.15) is 6.92 Å². The van der Waals surface area contributed by atoms with Crippen LogP contribution >= 0.6 is 0 Å². The Labute approximate surface area is 69.4 Å². The van der Waals surface area contributed by atoms with E-state index in [0.29, 0.717) is 0 Å². The van der Waals surface area contributed by atoms with Gasteiger partial charge in [0.25, 0.3) is 0 Å². The highest BCUT2D eigenvalue weighted by Gasteiger charge is 1.15. The van der Waals surface area contributed by atoms with E-state index in [-0.39, 0.29) is 0 Å². The van der Waals surface area contributed by atoms with E-state index >= 15 is 0 Å². The topological polar surface area (TPSA) is 123 Å². The third-order valence-electron chi connectivity index (χ3n) is 0. The summed E-state index contributed by atoms with van der Waals surface area (Å²) in [6.07, 6.45) is 4.00. The third-order valence-corrected chi connectivity index (χ3v) is 0. The van der Waals surface area contributed by atoms with Gasteiger partial charge in [-0.1, -0.05) is 6.08 Å². The molecule has 0 fully saturated rings. The fourth-order valence-electron chi connectivity index (χ4n) is 0. The molecule has 0 rings (SSSR count). The van der Waals surface area contributed by atoms with Crippen LogP contribution in [0.3, 0.4) is 0 Å². The van der Waals surface area contributed by atoms with Crippen LogP contribution in [0.4, 0.5) is 0 Å². The van der Waals surface area contributed by atoms with Crippen molar-refractivity contribution in [1.29, 1.82) is 16.2 Å². The zero-order valence-electron chi connectivity index (χ0n) is 6.51. The zero-order chi connectivity index (χ0) is 10.8. The fraction of sp³-hybridized carbons (Fsp3) is 0.167. The Morgan fingerprint density at radius 3 is 1.00 bits per heavy atom. The molecule has 66 valence electrons. The van der Waals surface area contributed by atoms with Gasteiger partial charge in [0.1, 0.15) is 0 Å². The second-order valence-corrected chi connectivity index (χ2v) is 0.714. The SMILES string of the molecule is C=CC.N=C=O.N=C=O.N=C=O. The van der Waals surface area contributed by atoms with Crippen molar-refractivity contribution < 1.29 is 14.4 Å². The molecule has 0 heterocycles. The maximum Gasteiger partial charge on any atom is 0.231 e. The first-order valence-electron chi connectivity index (χ1n) is 2.35. The molecule has 0 aromatic carbocycles. The van der Waals surface area contributed by atoms with Crippen molar-refractivity contribution in [3.63, 3.8) is 0 Å². The van der Waals surface area contributed by atoms with E-state index in [0.717, 1.165) is 18.2 Å². The van der Waals surface area contributed by atoms with Gasteiger partial charge in [0.2, 0.25) is 18.2 Å². The van der Waals surface area contributed by atoms with Crippen molar-refractivity contribution >= 4 is 18.2 Å². The number of hydrogen-bond donors (Lipinski definition) is 3. The molecule has 0 saturated carbocycles. The van der Waals surface area contributed by atoms with E-state index in [1.165, 1.54) is 0 Å². The summed E-state index contributed by atoms with van der Waals surface area (Å²) in [7, 11) is 0. The Morgan fingerprint density at radius 2 is 1.00 bits per heavy atom. The molecule has 0 saturated heterocycles. The first-order chi connectivity index (χ1) is 5.66. The molecule has 0 bridgehead atoms. The lowest BCUT2D eigenvalue weighted by molar-refractivity contribution is 0.562. The van der Waals surface area contributed by atoms with E-state index in [1.807, 2.05) is 6.92 Å². The van der Waals surface area contributed by atoms with Crippen LogP contribution in [0, 0.1) is 16.2 Å². The minimum atomic E-state index is 0.750. The summed E-state index contributed by atoms with van der Waals surface area (Å²) < 4.78 is 0. The van der Waals surface area contributed by atoms with E-state index in [2.05, 4.69) is 6.58 Å². The van der Waals surface area contributed by atoms with Crippen molar-refractivity contribution in [2.24, 2.45) is 0 Å². The van der Waals surface area contributed by atoms with Crippen LogP contribution in [0.25, 0.3) is 0 Å². The average molecular weight is 171 g/mol. The molecule has 0 amide bonds. The van der Waals surface area contributed by atoms with Gasteiger partial charge in [0.15, 0.2) is 0 Å². The smallest absolute Gasteiger partial charge is 0.222 e. The molecule has 12 heavy (non-hydrogen) atoms. The molecule has 3 N–H and O–H groups in total. The van der Waals surface area contributed by atoms with Crippen molar-refractivity contribution in [2.45, 2.75) is 6.92 Å². The zero-order valence-corrected chi connectivity index (χ0v) is 6.51. The Bertz CT molecular complexity index is 142. The largest absolute Gasteiger partial charge is 0.231 e. The maximum atomic E-state index is 8.35. The molecule has 0 aliphatic heterocycles. The normalized spacial score (nSPS) is 3.08. The first kappa shape index (κ1) is 22.5. The second kappa shape index (κ2) is 156. The maximum absolute atomic E-state index is 8.35.